The number of anilines is 3. The smallest absolute Gasteiger partial charge is 0.230 e. The van der Waals surface area contributed by atoms with Crippen molar-refractivity contribution in [3.05, 3.63) is 12.7 Å². The summed E-state index contributed by atoms with van der Waals surface area (Å²) in [5, 5.41) is 2.71. The van der Waals surface area contributed by atoms with Crippen LogP contribution in [0.25, 0.3) is 0 Å². The Morgan fingerprint density at radius 2 is 1.77 bits per heavy atom. The molecule has 0 aliphatic heterocycles. The second-order valence-electron chi connectivity index (χ2n) is 2.28. The quantitative estimate of drug-likeness (QED) is 0.344. The van der Waals surface area contributed by atoms with Crippen LogP contribution in [-0.4, -0.2) is 21.1 Å². The lowest BCUT2D eigenvalue weighted by molar-refractivity contribution is 0.908. The molecule has 0 aliphatic rings. The molecule has 7 nitrogen and oxygen atoms in total. The molecular weight excluding hydrogens is 170 g/mol. The summed E-state index contributed by atoms with van der Waals surface area (Å²) >= 11 is 0. The van der Waals surface area contributed by atoms with Gasteiger partial charge in [-0.1, -0.05) is 12.7 Å². The molecule has 1 atom stereocenters. The van der Waals surface area contributed by atoms with Gasteiger partial charge < -0.3 is 22.5 Å². The van der Waals surface area contributed by atoms with Crippen LogP contribution in [0.4, 0.5) is 17.8 Å². The normalized spacial score (nSPS) is 12.1. The highest BCUT2D eigenvalue weighted by molar-refractivity contribution is 5.38. The SMILES string of the molecule is C=CC(N)Nc1nc(N)nc(N)n1. The monoisotopic (exact) mass is 181 g/mol. The molecule has 70 valence electrons. The van der Waals surface area contributed by atoms with Crippen LogP contribution >= 0.6 is 0 Å². The number of hydrogen-bond acceptors (Lipinski definition) is 7. The molecular formula is C6H11N7. The highest BCUT2D eigenvalue weighted by atomic mass is 15.2. The third-order valence-electron chi connectivity index (χ3n) is 1.22. The van der Waals surface area contributed by atoms with Crippen LogP contribution in [0.5, 0.6) is 0 Å². The van der Waals surface area contributed by atoms with Crippen LogP contribution in [0.1, 0.15) is 0 Å². The van der Waals surface area contributed by atoms with E-state index >= 15 is 0 Å². The summed E-state index contributed by atoms with van der Waals surface area (Å²) < 4.78 is 0. The van der Waals surface area contributed by atoms with Gasteiger partial charge in [-0.05, 0) is 0 Å². The zero-order valence-corrected chi connectivity index (χ0v) is 6.94. The van der Waals surface area contributed by atoms with Crippen molar-refractivity contribution in [1.29, 1.82) is 0 Å². The molecule has 0 aliphatic carbocycles. The molecule has 1 rings (SSSR count). The number of nitrogen functional groups attached to an aromatic ring is 2. The predicted octanol–water partition coefficient (Wildman–Crippen LogP) is -1.08. The van der Waals surface area contributed by atoms with E-state index in [-0.39, 0.29) is 17.8 Å². The van der Waals surface area contributed by atoms with Crippen molar-refractivity contribution in [3.8, 4) is 0 Å². The van der Waals surface area contributed by atoms with Gasteiger partial charge >= 0.3 is 0 Å². The molecule has 0 aromatic carbocycles. The van der Waals surface area contributed by atoms with Crippen LogP contribution in [0, 0.1) is 0 Å². The van der Waals surface area contributed by atoms with Crippen LogP contribution in [-0.2, 0) is 0 Å². The molecule has 0 bridgehead atoms. The number of hydrogen-bond donors (Lipinski definition) is 4. The molecule has 1 heterocycles. The zero-order chi connectivity index (χ0) is 9.84. The Morgan fingerprint density at radius 1 is 1.23 bits per heavy atom. The Kier molecular flexibility index (Phi) is 2.60. The van der Waals surface area contributed by atoms with Gasteiger partial charge in [0.1, 0.15) is 0 Å². The highest BCUT2D eigenvalue weighted by Crippen LogP contribution is 2.03. The third kappa shape index (κ3) is 2.56. The van der Waals surface area contributed by atoms with Gasteiger partial charge in [0.15, 0.2) is 0 Å². The Hall–Kier alpha value is -1.89. The zero-order valence-electron chi connectivity index (χ0n) is 6.94. The number of rotatable bonds is 3. The fraction of sp³-hybridized carbons (Fsp3) is 0.167. The summed E-state index contributed by atoms with van der Waals surface area (Å²) in [6.07, 6.45) is 1.05. The minimum atomic E-state index is -0.443. The minimum Gasteiger partial charge on any atom is -0.368 e. The van der Waals surface area contributed by atoms with Gasteiger partial charge in [-0.15, -0.1) is 0 Å². The largest absolute Gasteiger partial charge is 0.368 e. The molecule has 0 saturated heterocycles. The van der Waals surface area contributed by atoms with Crippen molar-refractivity contribution in [2.24, 2.45) is 5.73 Å². The van der Waals surface area contributed by atoms with Crippen molar-refractivity contribution < 1.29 is 0 Å². The van der Waals surface area contributed by atoms with Crippen LogP contribution in [0.2, 0.25) is 0 Å². The Labute approximate surface area is 75.1 Å². The Morgan fingerprint density at radius 3 is 2.23 bits per heavy atom. The fourth-order valence-corrected chi connectivity index (χ4v) is 0.682. The van der Waals surface area contributed by atoms with Crippen molar-refractivity contribution in [2.75, 3.05) is 16.8 Å². The molecule has 13 heavy (non-hydrogen) atoms. The van der Waals surface area contributed by atoms with E-state index < -0.39 is 6.17 Å². The minimum absolute atomic E-state index is 0.0475. The first-order valence-electron chi connectivity index (χ1n) is 3.53. The van der Waals surface area contributed by atoms with E-state index in [2.05, 4.69) is 26.8 Å². The number of nitrogens with zero attached hydrogens (tertiary/aromatic N) is 3. The molecule has 0 spiro atoms. The van der Waals surface area contributed by atoms with Gasteiger partial charge in [0, 0.05) is 0 Å². The first kappa shape index (κ1) is 9.20. The summed E-state index contributed by atoms with van der Waals surface area (Å²) in [6.45, 7) is 3.48. The third-order valence-corrected chi connectivity index (χ3v) is 1.22. The molecule has 1 unspecified atom stereocenters. The number of aromatic nitrogens is 3. The first-order chi connectivity index (χ1) is 6.11. The van der Waals surface area contributed by atoms with Crippen molar-refractivity contribution in [2.45, 2.75) is 6.17 Å². The van der Waals surface area contributed by atoms with E-state index in [1.807, 2.05) is 0 Å². The molecule has 7 N–H and O–H groups in total. The van der Waals surface area contributed by atoms with Crippen LogP contribution in [0.3, 0.4) is 0 Å². The van der Waals surface area contributed by atoms with Gasteiger partial charge in [-0.25, -0.2) is 0 Å². The summed E-state index contributed by atoms with van der Waals surface area (Å²) in [4.78, 5) is 11.1. The average molecular weight is 181 g/mol. The van der Waals surface area contributed by atoms with Crippen molar-refractivity contribution in [1.82, 2.24) is 15.0 Å². The molecule has 7 heteroatoms. The maximum absolute atomic E-state index is 5.49. The van der Waals surface area contributed by atoms with Crippen LogP contribution < -0.4 is 22.5 Å². The lowest BCUT2D eigenvalue weighted by Crippen LogP contribution is -2.28. The lowest BCUT2D eigenvalue weighted by Gasteiger charge is -2.08. The Bertz CT molecular complexity index is 290. The maximum atomic E-state index is 5.49. The van der Waals surface area contributed by atoms with Gasteiger partial charge in [0.05, 0.1) is 6.17 Å². The number of nitrogens with two attached hydrogens (primary N) is 3. The first-order valence-corrected chi connectivity index (χ1v) is 3.53. The molecule has 0 saturated carbocycles. The topological polar surface area (TPSA) is 129 Å². The number of nitrogens with one attached hydrogen (secondary N) is 1. The molecule has 0 amide bonds. The van der Waals surface area contributed by atoms with Gasteiger partial charge in [-0.3, -0.25) is 0 Å². The van der Waals surface area contributed by atoms with Crippen LogP contribution in [0.15, 0.2) is 12.7 Å². The van der Waals surface area contributed by atoms with Crippen molar-refractivity contribution >= 4 is 17.8 Å². The van der Waals surface area contributed by atoms with Gasteiger partial charge in [-0.2, -0.15) is 15.0 Å². The van der Waals surface area contributed by atoms with Crippen molar-refractivity contribution in [3.63, 3.8) is 0 Å². The average Bonchev–Trinajstić information content (AvgIpc) is 2.02. The second kappa shape index (κ2) is 3.68. The fourth-order valence-electron chi connectivity index (χ4n) is 0.682. The highest BCUT2D eigenvalue weighted by Gasteiger charge is 2.02. The van der Waals surface area contributed by atoms with Gasteiger partial charge in [0.2, 0.25) is 17.8 Å². The second-order valence-corrected chi connectivity index (χ2v) is 2.28. The van der Waals surface area contributed by atoms with E-state index in [9.17, 15) is 0 Å². The molecule has 0 radical (unpaired) electrons. The van der Waals surface area contributed by atoms with E-state index in [4.69, 9.17) is 17.2 Å². The lowest BCUT2D eigenvalue weighted by atomic mass is 10.5. The maximum Gasteiger partial charge on any atom is 0.230 e. The van der Waals surface area contributed by atoms with E-state index in [0.717, 1.165) is 0 Å². The molecule has 0 fully saturated rings. The van der Waals surface area contributed by atoms with E-state index in [1.54, 1.807) is 0 Å². The summed E-state index contributed by atoms with van der Waals surface area (Å²) in [7, 11) is 0. The molecule has 1 aromatic heterocycles. The summed E-state index contributed by atoms with van der Waals surface area (Å²) in [6, 6.07) is 0. The standard InChI is InChI=1S/C6H11N7/c1-2-3(7)10-6-12-4(8)11-5(9)13-6/h2-3H,1,7H2,(H5,8,9,10,11,12,13). The van der Waals surface area contributed by atoms with E-state index in [0.29, 0.717) is 0 Å². The summed E-state index contributed by atoms with van der Waals surface area (Å²) in [5.41, 5.74) is 16.1. The Balaban J connectivity index is 2.82. The molecule has 1 aromatic rings. The summed E-state index contributed by atoms with van der Waals surface area (Å²) in [5.74, 6) is 0.329. The predicted molar refractivity (Wildman–Crippen MR) is 50.4 cm³/mol. The van der Waals surface area contributed by atoms with Gasteiger partial charge in [0.25, 0.3) is 0 Å². The van der Waals surface area contributed by atoms with E-state index in [1.165, 1.54) is 6.08 Å².